The number of hydrogen-bond donors (Lipinski definition) is 2. The zero-order valence-electron chi connectivity index (χ0n) is 9.53. The standard InChI is InChI=1S/C11H13FN2O3/c1-14(2)9(16)6-13-11(17)10-7(12)4-3-5-8(10)15/h3-5,15H,6H2,1-2H3,(H,13,17). The fourth-order valence-corrected chi connectivity index (χ4v) is 1.14. The molecule has 92 valence electrons. The SMILES string of the molecule is CN(C)C(=O)CNC(=O)c1c(O)cccc1F. The highest BCUT2D eigenvalue weighted by Gasteiger charge is 2.17. The molecule has 0 saturated heterocycles. The Bertz CT molecular complexity index is 426. The van der Waals surface area contributed by atoms with Gasteiger partial charge in [0.05, 0.1) is 6.54 Å². The highest BCUT2D eigenvalue weighted by Crippen LogP contribution is 2.19. The Morgan fingerprint density at radius 2 is 2.06 bits per heavy atom. The van der Waals surface area contributed by atoms with E-state index in [-0.39, 0.29) is 12.5 Å². The predicted molar refractivity (Wildman–Crippen MR) is 59.1 cm³/mol. The van der Waals surface area contributed by atoms with Crippen LogP contribution in [-0.4, -0.2) is 42.5 Å². The second kappa shape index (κ2) is 5.29. The van der Waals surface area contributed by atoms with Crippen LogP contribution in [0.15, 0.2) is 18.2 Å². The van der Waals surface area contributed by atoms with Crippen molar-refractivity contribution in [2.45, 2.75) is 0 Å². The Labute approximate surface area is 97.8 Å². The molecule has 0 aliphatic carbocycles. The Kier molecular flexibility index (Phi) is 4.03. The van der Waals surface area contributed by atoms with Crippen LogP contribution in [0.5, 0.6) is 5.75 Å². The second-order valence-electron chi connectivity index (χ2n) is 3.60. The van der Waals surface area contributed by atoms with Crippen LogP contribution in [0.1, 0.15) is 10.4 Å². The molecule has 0 bridgehead atoms. The smallest absolute Gasteiger partial charge is 0.258 e. The molecule has 2 amide bonds. The summed E-state index contributed by atoms with van der Waals surface area (Å²) >= 11 is 0. The lowest BCUT2D eigenvalue weighted by Gasteiger charge is -2.11. The van der Waals surface area contributed by atoms with E-state index < -0.39 is 23.0 Å². The van der Waals surface area contributed by atoms with Gasteiger partial charge in [0, 0.05) is 14.1 Å². The molecule has 0 aliphatic rings. The molecular formula is C11H13FN2O3. The van der Waals surface area contributed by atoms with E-state index in [1.165, 1.54) is 31.1 Å². The summed E-state index contributed by atoms with van der Waals surface area (Å²) in [5, 5.41) is 11.6. The Hall–Kier alpha value is -2.11. The maximum atomic E-state index is 13.3. The van der Waals surface area contributed by atoms with Crippen LogP contribution in [0, 0.1) is 5.82 Å². The van der Waals surface area contributed by atoms with Crippen molar-refractivity contribution in [3.8, 4) is 5.75 Å². The lowest BCUT2D eigenvalue weighted by atomic mass is 10.1. The topological polar surface area (TPSA) is 69.6 Å². The monoisotopic (exact) mass is 240 g/mol. The first-order valence-corrected chi connectivity index (χ1v) is 4.89. The number of nitrogens with zero attached hydrogens (tertiary/aromatic N) is 1. The lowest BCUT2D eigenvalue weighted by molar-refractivity contribution is -0.127. The number of hydrogen-bond acceptors (Lipinski definition) is 3. The number of nitrogens with one attached hydrogen (secondary N) is 1. The molecule has 1 aromatic rings. The maximum absolute atomic E-state index is 13.3. The molecule has 6 heteroatoms. The molecule has 0 fully saturated rings. The van der Waals surface area contributed by atoms with Crippen LogP contribution in [0.2, 0.25) is 0 Å². The average molecular weight is 240 g/mol. The van der Waals surface area contributed by atoms with Crippen molar-refractivity contribution >= 4 is 11.8 Å². The van der Waals surface area contributed by atoms with Crippen molar-refractivity contribution in [2.24, 2.45) is 0 Å². The quantitative estimate of drug-likeness (QED) is 0.801. The van der Waals surface area contributed by atoms with Crippen molar-refractivity contribution < 1.29 is 19.1 Å². The highest BCUT2D eigenvalue weighted by molar-refractivity contribution is 5.98. The summed E-state index contributed by atoms with van der Waals surface area (Å²) < 4.78 is 13.3. The molecule has 0 unspecified atom stereocenters. The number of phenolic OH excluding ortho intramolecular Hbond substituents is 1. The first-order valence-electron chi connectivity index (χ1n) is 4.89. The first-order chi connectivity index (χ1) is 7.93. The van der Waals surface area contributed by atoms with Gasteiger partial charge < -0.3 is 15.3 Å². The van der Waals surface area contributed by atoms with Gasteiger partial charge in [-0.05, 0) is 12.1 Å². The molecule has 5 nitrogen and oxygen atoms in total. The highest BCUT2D eigenvalue weighted by atomic mass is 19.1. The van der Waals surface area contributed by atoms with E-state index in [9.17, 15) is 19.1 Å². The van der Waals surface area contributed by atoms with E-state index in [0.29, 0.717) is 0 Å². The third kappa shape index (κ3) is 3.17. The summed E-state index contributed by atoms with van der Waals surface area (Å²) in [6, 6.07) is 3.54. The van der Waals surface area contributed by atoms with Gasteiger partial charge in [0.1, 0.15) is 17.1 Å². The van der Waals surface area contributed by atoms with Gasteiger partial charge in [-0.15, -0.1) is 0 Å². The summed E-state index contributed by atoms with van der Waals surface area (Å²) in [5.41, 5.74) is -0.459. The maximum Gasteiger partial charge on any atom is 0.258 e. The third-order valence-electron chi connectivity index (χ3n) is 2.12. The third-order valence-corrected chi connectivity index (χ3v) is 2.12. The summed E-state index contributed by atoms with van der Waals surface area (Å²) in [5.74, 6) is -2.44. The molecule has 0 aromatic heterocycles. The number of halogens is 1. The normalized spacial score (nSPS) is 9.82. The van der Waals surface area contributed by atoms with Gasteiger partial charge in [-0.1, -0.05) is 6.07 Å². The van der Waals surface area contributed by atoms with Crippen LogP contribution < -0.4 is 5.32 Å². The van der Waals surface area contributed by atoms with Gasteiger partial charge in [0.2, 0.25) is 5.91 Å². The Morgan fingerprint density at radius 1 is 1.41 bits per heavy atom. The minimum Gasteiger partial charge on any atom is -0.507 e. The average Bonchev–Trinajstić information content (AvgIpc) is 2.25. The van der Waals surface area contributed by atoms with Gasteiger partial charge in [-0.2, -0.15) is 0 Å². The van der Waals surface area contributed by atoms with Crippen molar-refractivity contribution in [2.75, 3.05) is 20.6 Å². The molecule has 0 atom stereocenters. The number of benzene rings is 1. The number of carbonyl (C=O) groups is 2. The first kappa shape index (κ1) is 13.0. The van der Waals surface area contributed by atoms with Gasteiger partial charge in [-0.3, -0.25) is 9.59 Å². The van der Waals surface area contributed by atoms with E-state index in [0.717, 1.165) is 6.07 Å². The van der Waals surface area contributed by atoms with E-state index in [2.05, 4.69) is 5.32 Å². The number of phenols is 1. The number of amides is 2. The van der Waals surface area contributed by atoms with Gasteiger partial charge in [0.25, 0.3) is 5.91 Å². The number of carbonyl (C=O) groups excluding carboxylic acids is 2. The predicted octanol–water partition coefficient (Wildman–Crippen LogP) is 0.349. The van der Waals surface area contributed by atoms with Crippen LogP contribution in [0.25, 0.3) is 0 Å². The lowest BCUT2D eigenvalue weighted by Crippen LogP contribution is -2.36. The minimum absolute atomic E-state index is 0.250. The molecule has 0 aliphatic heterocycles. The van der Waals surface area contributed by atoms with Crippen molar-refractivity contribution in [3.63, 3.8) is 0 Å². The number of likely N-dealkylation sites (N-methyl/N-ethyl adjacent to an activating group) is 1. The van der Waals surface area contributed by atoms with Crippen LogP contribution in [0.4, 0.5) is 4.39 Å². The van der Waals surface area contributed by atoms with Crippen LogP contribution in [0.3, 0.4) is 0 Å². The Morgan fingerprint density at radius 3 is 2.59 bits per heavy atom. The summed E-state index contributed by atoms with van der Waals surface area (Å²) in [4.78, 5) is 24.0. The zero-order chi connectivity index (χ0) is 13.0. The molecule has 0 spiro atoms. The van der Waals surface area contributed by atoms with Gasteiger partial charge >= 0.3 is 0 Å². The molecular weight excluding hydrogens is 227 g/mol. The fraction of sp³-hybridized carbons (Fsp3) is 0.273. The Balaban J connectivity index is 2.74. The number of aromatic hydroxyl groups is 1. The number of rotatable bonds is 3. The fourth-order valence-electron chi connectivity index (χ4n) is 1.14. The molecule has 1 aromatic carbocycles. The summed E-state index contributed by atoms with van der Waals surface area (Å²) in [6.07, 6.45) is 0. The van der Waals surface area contributed by atoms with E-state index in [1.807, 2.05) is 0 Å². The van der Waals surface area contributed by atoms with Crippen LogP contribution in [-0.2, 0) is 4.79 Å². The molecule has 0 saturated carbocycles. The van der Waals surface area contributed by atoms with Gasteiger partial charge in [-0.25, -0.2) is 4.39 Å². The molecule has 17 heavy (non-hydrogen) atoms. The van der Waals surface area contributed by atoms with E-state index in [4.69, 9.17) is 0 Å². The van der Waals surface area contributed by atoms with Gasteiger partial charge in [0.15, 0.2) is 0 Å². The van der Waals surface area contributed by atoms with Crippen molar-refractivity contribution in [3.05, 3.63) is 29.6 Å². The molecule has 1 rings (SSSR count). The minimum atomic E-state index is -0.834. The second-order valence-corrected chi connectivity index (χ2v) is 3.60. The van der Waals surface area contributed by atoms with Crippen molar-refractivity contribution in [1.82, 2.24) is 10.2 Å². The van der Waals surface area contributed by atoms with Crippen LogP contribution >= 0.6 is 0 Å². The summed E-state index contributed by atoms with van der Waals surface area (Å²) in [7, 11) is 3.07. The van der Waals surface area contributed by atoms with Crippen molar-refractivity contribution in [1.29, 1.82) is 0 Å². The summed E-state index contributed by atoms with van der Waals surface area (Å²) in [6.45, 7) is -0.250. The van der Waals surface area contributed by atoms with E-state index >= 15 is 0 Å². The zero-order valence-corrected chi connectivity index (χ0v) is 9.53. The molecule has 2 N–H and O–H groups in total. The molecule has 0 radical (unpaired) electrons. The molecule has 0 heterocycles. The van der Waals surface area contributed by atoms with E-state index in [1.54, 1.807) is 0 Å². The largest absolute Gasteiger partial charge is 0.507 e.